The maximum absolute atomic E-state index is 13.1. The SMILES string of the molecule is CN=C(NCCNC(=O)Cc1cccc(F)c1)NCC(C)Sc1ccccc1.I. The third-order valence-electron chi connectivity index (χ3n) is 3.85. The highest BCUT2D eigenvalue weighted by molar-refractivity contribution is 14.0. The zero-order valence-corrected chi connectivity index (χ0v) is 19.8. The van der Waals surface area contributed by atoms with Crippen LogP contribution in [0.2, 0.25) is 0 Å². The summed E-state index contributed by atoms with van der Waals surface area (Å²) in [6.45, 7) is 3.94. The standard InChI is InChI=1S/C21H27FN4OS.HI/c1-16(28-19-9-4-3-5-10-19)15-26-21(23-2)25-12-11-24-20(27)14-17-7-6-8-18(22)13-17;/h3-10,13,16H,11-12,14-15H2,1-2H3,(H,24,27)(H2,23,25,26);1H. The van der Waals surface area contributed by atoms with Crippen LogP contribution in [-0.2, 0) is 11.2 Å². The summed E-state index contributed by atoms with van der Waals surface area (Å²) in [5, 5.41) is 9.66. The third-order valence-corrected chi connectivity index (χ3v) is 4.97. The largest absolute Gasteiger partial charge is 0.355 e. The molecule has 0 aliphatic rings. The average molecular weight is 530 g/mol. The molecule has 0 saturated heterocycles. The molecule has 0 aliphatic heterocycles. The Balaban J connectivity index is 0.00000420. The summed E-state index contributed by atoms with van der Waals surface area (Å²) in [4.78, 5) is 17.3. The normalized spacial score (nSPS) is 11.9. The molecule has 2 aromatic rings. The van der Waals surface area contributed by atoms with Gasteiger partial charge in [0.25, 0.3) is 0 Å². The predicted molar refractivity (Wildman–Crippen MR) is 130 cm³/mol. The summed E-state index contributed by atoms with van der Waals surface area (Å²) < 4.78 is 13.1. The number of amides is 1. The summed E-state index contributed by atoms with van der Waals surface area (Å²) in [7, 11) is 1.72. The number of thioether (sulfide) groups is 1. The second-order valence-electron chi connectivity index (χ2n) is 6.28. The van der Waals surface area contributed by atoms with E-state index in [2.05, 4.69) is 40.0 Å². The van der Waals surface area contributed by atoms with Gasteiger partial charge < -0.3 is 16.0 Å². The molecule has 29 heavy (non-hydrogen) atoms. The number of benzene rings is 2. The molecule has 0 radical (unpaired) electrons. The fourth-order valence-electron chi connectivity index (χ4n) is 2.51. The Kier molecular flexibility index (Phi) is 12.4. The highest BCUT2D eigenvalue weighted by Crippen LogP contribution is 2.21. The molecule has 158 valence electrons. The molecule has 0 aromatic heterocycles. The molecule has 1 unspecified atom stereocenters. The monoisotopic (exact) mass is 530 g/mol. The van der Waals surface area contributed by atoms with Gasteiger partial charge in [-0.25, -0.2) is 4.39 Å². The quantitative estimate of drug-likeness (QED) is 0.153. The lowest BCUT2D eigenvalue weighted by atomic mass is 10.1. The molecule has 3 N–H and O–H groups in total. The van der Waals surface area contributed by atoms with Crippen LogP contribution in [0.25, 0.3) is 0 Å². The van der Waals surface area contributed by atoms with Gasteiger partial charge >= 0.3 is 0 Å². The Morgan fingerprint density at radius 3 is 2.48 bits per heavy atom. The number of hydrogen-bond acceptors (Lipinski definition) is 3. The molecule has 0 saturated carbocycles. The van der Waals surface area contributed by atoms with Crippen LogP contribution in [0.5, 0.6) is 0 Å². The first-order valence-electron chi connectivity index (χ1n) is 9.24. The van der Waals surface area contributed by atoms with Crippen LogP contribution in [0, 0.1) is 5.82 Å². The molecule has 1 atom stereocenters. The highest BCUT2D eigenvalue weighted by Gasteiger charge is 2.07. The van der Waals surface area contributed by atoms with Crippen LogP contribution < -0.4 is 16.0 Å². The molecule has 0 fully saturated rings. The first-order valence-corrected chi connectivity index (χ1v) is 10.1. The van der Waals surface area contributed by atoms with E-state index >= 15 is 0 Å². The van der Waals surface area contributed by atoms with Crippen molar-refractivity contribution in [1.29, 1.82) is 0 Å². The van der Waals surface area contributed by atoms with Crippen LogP contribution in [0.1, 0.15) is 12.5 Å². The molecule has 0 heterocycles. The number of nitrogens with zero attached hydrogens (tertiary/aromatic N) is 1. The van der Waals surface area contributed by atoms with Crippen LogP contribution in [-0.4, -0.2) is 43.8 Å². The minimum Gasteiger partial charge on any atom is -0.355 e. The molecule has 2 rings (SSSR count). The first-order chi connectivity index (χ1) is 13.6. The Bertz CT molecular complexity index is 776. The number of halogens is 2. The molecule has 0 aliphatic carbocycles. The zero-order valence-electron chi connectivity index (χ0n) is 16.7. The highest BCUT2D eigenvalue weighted by atomic mass is 127. The van der Waals surface area contributed by atoms with Crippen molar-refractivity contribution in [2.24, 2.45) is 4.99 Å². The van der Waals surface area contributed by atoms with Crippen molar-refractivity contribution in [2.75, 3.05) is 26.7 Å². The smallest absolute Gasteiger partial charge is 0.224 e. The van der Waals surface area contributed by atoms with Crippen molar-refractivity contribution in [3.63, 3.8) is 0 Å². The number of carbonyl (C=O) groups excluding carboxylic acids is 1. The van der Waals surface area contributed by atoms with Gasteiger partial charge in [0.2, 0.25) is 5.91 Å². The second kappa shape index (κ2) is 14.2. The molecule has 2 aromatic carbocycles. The third kappa shape index (κ3) is 10.5. The van der Waals surface area contributed by atoms with Crippen LogP contribution in [0.3, 0.4) is 0 Å². The molecular formula is C21H28FIN4OS. The van der Waals surface area contributed by atoms with Crippen LogP contribution >= 0.6 is 35.7 Å². The summed E-state index contributed by atoms with van der Waals surface area (Å²) in [6, 6.07) is 16.4. The van der Waals surface area contributed by atoms with Gasteiger partial charge in [-0.05, 0) is 29.8 Å². The Hall–Kier alpha value is -1.81. The van der Waals surface area contributed by atoms with Crippen molar-refractivity contribution in [3.8, 4) is 0 Å². The van der Waals surface area contributed by atoms with Gasteiger partial charge in [-0.15, -0.1) is 35.7 Å². The van der Waals surface area contributed by atoms with E-state index in [1.54, 1.807) is 30.9 Å². The lowest BCUT2D eigenvalue weighted by Gasteiger charge is -2.16. The Morgan fingerprint density at radius 1 is 1.07 bits per heavy atom. The fraction of sp³-hybridized carbons (Fsp3) is 0.333. The van der Waals surface area contributed by atoms with Gasteiger partial charge in [0, 0.05) is 36.8 Å². The van der Waals surface area contributed by atoms with Gasteiger partial charge in [-0.3, -0.25) is 9.79 Å². The van der Waals surface area contributed by atoms with Crippen molar-refractivity contribution < 1.29 is 9.18 Å². The van der Waals surface area contributed by atoms with E-state index in [1.807, 2.05) is 18.2 Å². The maximum Gasteiger partial charge on any atom is 0.224 e. The van der Waals surface area contributed by atoms with Gasteiger partial charge in [0.05, 0.1) is 6.42 Å². The zero-order chi connectivity index (χ0) is 20.2. The molecule has 1 amide bonds. The number of rotatable bonds is 9. The van der Waals surface area contributed by atoms with Crippen LogP contribution in [0.15, 0.2) is 64.5 Å². The van der Waals surface area contributed by atoms with Gasteiger partial charge in [-0.1, -0.05) is 37.3 Å². The molecule has 0 bridgehead atoms. The number of hydrogen-bond donors (Lipinski definition) is 3. The predicted octanol–water partition coefficient (Wildman–Crippen LogP) is 3.45. The van der Waals surface area contributed by atoms with E-state index in [9.17, 15) is 9.18 Å². The topological polar surface area (TPSA) is 65.5 Å². The second-order valence-corrected chi connectivity index (χ2v) is 7.79. The van der Waals surface area contributed by atoms with E-state index < -0.39 is 0 Å². The molecule has 5 nitrogen and oxygen atoms in total. The summed E-state index contributed by atoms with van der Waals surface area (Å²) in [5.74, 6) is 0.226. The number of guanidine groups is 1. The Morgan fingerprint density at radius 2 is 1.79 bits per heavy atom. The lowest BCUT2D eigenvalue weighted by Crippen LogP contribution is -2.43. The number of nitrogens with one attached hydrogen (secondary N) is 3. The van der Waals surface area contributed by atoms with Crippen molar-refractivity contribution in [2.45, 2.75) is 23.5 Å². The van der Waals surface area contributed by atoms with E-state index in [0.29, 0.717) is 29.9 Å². The number of carbonyl (C=O) groups is 1. The molecular weight excluding hydrogens is 502 g/mol. The van der Waals surface area contributed by atoms with Gasteiger partial charge in [0.1, 0.15) is 5.82 Å². The van der Waals surface area contributed by atoms with Crippen molar-refractivity contribution >= 4 is 47.6 Å². The Labute approximate surface area is 193 Å². The first kappa shape index (κ1) is 25.2. The van der Waals surface area contributed by atoms with Crippen molar-refractivity contribution in [1.82, 2.24) is 16.0 Å². The van der Waals surface area contributed by atoms with Crippen LogP contribution in [0.4, 0.5) is 4.39 Å². The van der Waals surface area contributed by atoms with E-state index in [-0.39, 0.29) is 42.1 Å². The molecule has 8 heteroatoms. The minimum atomic E-state index is -0.332. The fourth-order valence-corrected chi connectivity index (χ4v) is 3.46. The lowest BCUT2D eigenvalue weighted by molar-refractivity contribution is -0.120. The number of aliphatic imine (C=N–C) groups is 1. The average Bonchev–Trinajstić information content (AvgIpc) is 2.68. The van der Waals surface area contributed by atoms with E-state index in [1.165, 1.54) is 17.0 Å². The summed E-state index contributed by atoms with van der Waals surface area (Å²) in [5.41, 5.74) is 0.660. The minimum absolute atomic E-state index is 0. The van der Waals surface area contributed by atoms with E-state index in [4.69, 9.17) is 0 Å². The summed E-state index contributed by atoms with van der Waals surface area (Å²) in [6.07, 6.45) is 0.166. The van der Waals surface area contributed by atoms with Crippen molar-refractivity contribution in [3.05, 3.63) is 66.0 Å². The van der Waals surface area contributed by atoms with Gasteiger partial charge in [-0.2, -0.15) is 0 Å². The van der Waals surface area contributed by atoms with E-state index in [0.717, 1.165) is 6.54 Å². The van der Waals surface area contributed by atoms with Gasteiger partial charge in [0.15, 0.2) is 5.96 Å². The molecule has 0 spiro atoms. The maximum atomic E-state index is 13.1. The summed E-state index contributed by atoms with van der Waals surface area (Å²) >= 11 is 1.80.